The van der Waals surface area contributed by atoms with E-state index in [9.17, 15) is 4.79 Å². The van der Waals surface area contributed by atoms with Crippen LogP contribution in [0.1, 0.15) is 51.8 Å². The zero-order chi connectivity index (χ0) is 20.3. The summed E-state index contributed by atoms with van der Waals surface area (Å²) in [4.78, 5) is 20.5. The van der Waals surface area contributed by atoms with E-state index in [0.717, 1.165) is 50.2 Å². The van der Waals surface area contributed by atoms with Crippen LogP contribution in [0.3, 0.4) is 0 Å². The Balaban J connectivity index is 1.37. The molecule has 1 fully saturated rings. The van der Waals surface area contributed by atoms with Crippen LogP contribution < -0.4 is 5.32 Å². The molecular formula is C24H29N3O2S. The van der Waals surface area contributed by atoms with Crippen LogP contribution in [0.15, 0.2) is 35.7 Å². The van der Waals surface area contributed by atoms with Crippen LogP contribution in [0.25, 0.3) is 10.9 Å². The molecule has 1 saturated heterocycles. The summed E-state index contributed by atoms with van der Waals surface area (Å²) >= 11 is 1.75. The molecule has 158 valence electrons. The maximum atomic E-state index is 13.2. The number of fused-ring (bicyclic) bond motifs is 3. The Kier molecular flexibility index (Phi) is 5.88. The largest absolute Gasteiger partial charge is 0.379 e. The van der Waals surface area contributed by atoms with Crippen LogP contribution in [0.4, 0.5) is 0 Å². The summed E-state index contributed by atoms with van der Waals surface area (Å²) in [7, 11) is 0. The maximum absolute atomic E-state index is 13.2. The fourth-order valence-electron chi connectivity index (χ4n) is 4.86. The number of aromatic nitrogens is 1. The number of carbonyl (C=O) groups excluding carboxylic acids is 1. The van der Waals surface area contributed by atoms with Gasteiger partial charge in [0.25, 0.3) is 5.91 Å². The first-order valence-corrected chi connectivity index (χ1v) is 11.9. The lowest BCUT2D eigenvalue weighted by Crippen LogP contribution is -2.43. The van der Waals surface area contributed by atoms with Gasteiger partial charge >= 0.3 is 0 Å². The molecule has 0 bridgehead atoms. The minimum absolute atomic E-state index is 0.00632. The summed E-state index contributed by atoms with van der Waals surface area (Å²) in [5.41, 5.74) is 4.50. The van der Waals surface area contributed by atoms with Crippen molar-refractivity contribution >= 4 is 28.1 Å². The molecular weight excluding hydrogens is 394 g/mol. The summed E-state index contributed by atoms with van der Waals surface area (Å²) in [6.45, 7) is 3.91. The van der Waals surface area contributed by atoms with Gasteiger partial charge in [-0.15, -0.1) is 11.3 Å². The average molecular weight is 424 g/mol. The Bertz CT molecular complexity index is 1010. The first kappa shape index (κ1) is 19.8. The number of H-pyrrole nitrogens is 1. The molecule has 6 heteroatoms. The van der Waals surface area contributed by atoms with Crippen LogP contribution in [0.5, 0.6) is 0 Å². The van der Waals surface area contributed by atoms with Gasteiger partial charge in [0, 0.05) is 35.6 Å². The fourth-order valence-corrected chi connectivity index (χ4v) is 5.72. The molecule has 1 aliphatic carbocycles. The third-order valence-corrected chi connectivity index (χ3v) is 7.42. The number of benzene rings is 1. The molecule has 30 heavy (non-hydrogen) atoms. The quantitative estimate of drug-likeness (QED) is 0.602. The van der Waals surface area contributed by atoms with Gasteiger partial charge < -0.3 is 15.0 Å². The zero-order valence-corrected chi connectivity index (χ0v) is 18.1. The van der Waals surface area contributed by atoms with Gasteiger partial charge in [0.1, 0.15) is 0 Å². The Hall–Kier alpha value is -2.15. The highest BCUT2D eigenvalue weighted by Gasteiger charge is 2.25. The summed E-state index contributed by atoms with van der Waals surface area (Å²) in [5, 5.41) is 6.57. The van der Waals surface area contributed by atoms with E-state index < -0.39 is 0 Å². The number of thiophene rings is 1. The minimum atomic E-state index is 0.00632. The molecule has 1 atom stereocenters. The lowest BCUT2D eigenvalue weighted by Gasteiger charge is -2.34. The second kappa shape index (κ2) is 8.92. The number of nitrogens with one attached hydrogen (secondary N) is 2. The van der Waals surface area contributed by atoms with Crippen molar-refractivity contribution in [1.82, 2.24) is 15.2 Å². The van der Waals surface area contributed by atoms with Crippen LogP contribution >= 0.6 is 11.3 Å². The molecule has 2 N–H and O–H groups in total. The number of nitrogens with zero attached hydrogens (tertiary/aromatic N) is 1. The Morgan fingerprint density at radius 2 is 2.00 bits per heavy atom. The summed E-state index contributed by atoms with van der Waals surface area (Å²) < 4.78 is 5.53. The summed E-state index contributed by atoms with van der Waals surface area (Å²) in [6, 6.07) is 10.6. The SMILES string of the molecule is O=C(NC[C@H](c1cccs1)N1CCOCC1)c1cccc2c3c([nH]c12)CCCCC3. The first-order valence-electron chi connectivity index (χ1n) is 11.1. The number of aromatic amines is 1. The Morgan fingerprint density at radius 1 is 1.13 bits per heavy atom. The van der Waals surface area contributed by atoms with Crippen LogP contribution in [-0.2, 0) is 17.6 Å². The van der Waals surface area contributed by atoms with E-state index in [1.807, 2.05) is 12.1 Å². The lowest BCUT2D eigenvalue weighted by atomic mass is 10.0. The average Bonchev–Trinajstić information content (AvgIpc) is 3.37. The molecule has 0 unspecified atom stereocenters. The minimum Gasteiger partial charge on any atom is -0.379 e. The summed E-state index contributed by atoms with van der Waals surface area (Å²) in [5.74, 6) is 0.00632. The number of hydrogen-bond donors (Lipinski definition) is 2. The molecule has 2 aromatic heterocycles. The predicted molar refractivity (Wildman–Crippen MR) is 121 cm³/mol. The van der Waals surface area contributed by atoms with Crippen LogP contribution in [-0.4, -0.2) is 48.6 Å². The highest BCUT2D eigenvalue weighted by Crippen LogP contribution is 2.30. The molecule has 3 aromatic rings. The van der Waals surface area contributed by atoms with Crippen molar-refractivity contribution in [3.05, 3.63) is 57.4 Å². The number of aryl methyl sites for hydroxylation is 2. The normalized spacial score (nSPS) is 18.7. The van der Waals surface area contributed by atoms with E-state index in [1.165, 1.54) is 40.8 Å². The van der Waals surface area contributed by atoms with Gasteiger partial charge in [0.05, 0.1) is 30.3 Å². The smallest absolute Gasteiger partial charge is 0.253 e. The number of morpholine rings is 1. The van der Waals surface area contributed by atoms with Gasteiger partial charge in [-0.25, -0.2) is 0 Å². The number of carbonyl (C=O) groups is 1. The monoisotopic (exact) mass is 423 g/mol. The second-order valence-corrected chi connectivity index (χ2v) is 9.24. The molecule has 1 amide bonds. The maximum Gasteiger partial charge on any atom is 0.253 e. The van der Waals surface area contributed by atoms with E-state index in [-0.39, 0.29) is 11.9 Å². The molecule has 1 aromatic carbocycles. The van der Waals surface area contributed by atoms with E-state index in [4.69, 9.17) is 4.74 Å². The van der Waals surface area contributed by atoms with E-state index >= 15 is 0 Å². The third-order valence-electron chi connectivity index (χ3n) is 6.44. The van der Waals surface area contributed by atoms with Gasteiger partial charge in [-0.05, 0) is 48.8 Å². The number of rotatable bonds is 5. The van der Waals surface area contributed by atoms with Crippen molar-refractivity contribution in [1.29, 1.82) is 0 Å². The molecule has 0 saturated carbocycles. The molecule has 3 heterocycles. The van der Waals surface area contributed by atoms with Crippen molar-refractivity contribution < 1.29 is 9.53 Å². The molecule has 5 nitrogen and oxygen atoms in total. The zero-order valence-electron chi connectivity index (χ0n) is 17.3. The second-order valence-electron chi connectivity index (χ2n) is 8.26. The van der Waals surface area contributed by atoms with Crippen molar-refractivity contribution in [3.8, 4) is 0 Å². The van der Waals surface area contributed by atoms with E-state index in [0.29, 0.717) is 6.54 Å². The molecule has 2 aliphatic rings. The standard InChI is InChI=1S/C24H29N3O2S/c28-24(25-16-21(22-10-5-15-30-22)27-11-13-29-14-12-27)19-8-4-7-18-17-6-2-1-3-9-20(17)26-23(18)19/h4-5,7-8,10,15,21,26H,1-3,6,9,11-14,16H2,(H,25,28)/t21-/m1/s1. The third kappa shape index (κ3) is 3.92. The molecule has 1 aliphatic heterocycles. The Labute approximate surface area is 181 Å². The van der Waals surface area contributed by atoms with Crippen LogP contribution in [0.2, 0.25) is 0 Å². The summed E-state index contributed by atoms with van der Waals surface area (Å²) in [6.07, 6.45) is 5.94. The van der Waals surface area contributed by atoms with Gasteiger partial charge in [0.2, 0.25) is 0 Å². The van der Waals surface area contributed by atoms with Crippen molar-refractivity contribution in [2.75, 3.05) is 32.8 Å². The topological polar surface area (TPSA) is 57.4 Å². The number of para-hydroxylation sites is 1. The van der Waals surface area contributed by atoms with Crippen molar-refractivity contribution in [2.24, 2.45) is 0 Å². The lowest BCUT2D eigenvalue weighted by molar-refractivity contribution is 0.0169. The van der Waals surface area contributed by atoms with E-state index in [2.05, 4.69) is 38.8 Å². The van der Waals surface area contributed by atoms with Crippen molar-refractivity contribution in [3.63, 3.8) is 0 Å². The van der Waals surface area contributed by atoms with Gasteiger partial charge in [-0.1, -0.05) is 24.6 Å². The first-order chi connectivity index (χ1) is 14.8. The highest BCUT2D eigenvalue weighted by molar-refractivity contribution is 7.10. The molecule has 0 radical (unpaired) electrons. The number of hydrogen-bond acceptors (Lipinski definition) is 4. The van der Waals surface area contributed by atoms with Gasteiger partial charge in [-0.3, -0.25) is 9.69 Å². The Morgan fingerprint density at radius 3 is 2.83 bits per heavy atom. The molecule has 5 rings (SSSR count). The predicted octanol–water partition coefficient (Wildman–Crippen LogP) is 4.30. The van der Waals surface area contributed by atoms with E-state index in [1.54, 1.807) is 11.3 Å². The number of amides is 1. The highest BCUT2D eigenvalue weighted by atomic mass is 32.1. The van der Waals surface area contributed by atoms with Crippen molar-refractivity contribution in [2.45, 2.75) is 38.1 Å². The van der Waals surface area contributed by atoms with Gasteiger partial charge in [-0.2, -0.15) is 0 Å². The molecule has 0 spiro atoms. The fraction of sp³-hybridized carbons (Fsp3) is 0.458. The van der Waals surface area contributed by atoms with Crippen LogP contribution in [0, 0.1) is 0 Å². The number of ether oxygens (including phenoxy) is 1. The van der Waals surface area contributed by atoms with Gasteiger partial charge in [0.15, 0.2) is 0 Å².